The van der Waals surface area contributed by atoms with E-state index < -0.39 is 0 Å². The van der Waals surface area contributed by atoms with Crippen LogP contribution >= 0.6 is 11.3 Å². The fraction of sp³-hybridized carbons (Fsp3) is 0.583. The number of hydrogen-bond acceptors (Lipinski definition) is 3. The lowest BCUT2D eigenvalue weighted by Crippen LogP contribution is -2.47. The molecule has 0 aliphatic carbocycles. The summed E-state index contributed by atoms with van der Waals surface area (Å²) in [7, 11) is 1.97. The second-order valence-corrected chi connectivity index (χ2v) is 5.06. The van der Waals surface area contributed by atoms with Crippen molar-refractivity contribution in [1.82, 2.24) is 10.2 Å². The highest BCUT2D eigenvalue weighted by Crippen LogP contribution is 2.13. The maximum absolute atomic E-state index is 12.0. The number of amides is 1. The van der Waals surface area contributed by atoms with E-state index in [4.69, 9.17) is 0 Å². The molecule has 0 spiro atoms. The standard InChI is InChI=1S/C12H18N2OS/c1-13-11-3-2-5-14(8-11)12(15)7-10-4-6-16-9-10/h4,6,9,11,13H,2-3,5,7-8H2,1H3/t11-/m0/s1. The predicted molar refractivity (Wildman–Crippen MR) is 66.7 cm³/mol. The van der Waals surface area contributed by atoms with E-state index in [0.717, 1.165) is 25.1 Å². The number of likely N-dealkylation sites (tertiary alicyclic amines) is 1. The lowest BCUT2D eigenvalue weighted by molar-refractivity contribution is -0.131. The first kappa shape index (κ1) is 11.6. The zero-order valence-electron chi connectivity index (χ0n) is 9.61. The molecule has 1 saturated heterocycles. The molecule has 16 heavy (non-hydrogen) atoms. The molecule has 1 aromatic heterocycles. The normalized spacial score (nSPS) is 21.1. The van der Waals surface area contributed by atoms with E-state index in [1.165, 1.54) is 6.42 Å². The van der Waals surface area contributed by atoms with E-state index in [9.17, 15) is 4.79 Å². The number of nitrogens with zero attached hydrogens (tertiary/aromatic N) is 1. The van der Waals surface area contributed by atoms with Gasteiger partial charge in [-0.1, -0.05) is 0 Å². The maximum atomic E-state index is 12.0. The Kier molecular flexibility index (Phi) is 3.96. The van der Waals surface area contributed by atoms with Gasteiger partial charge >= 0.3 is 0 Å². The molecular formula is C12H18N2OS. The summed E-state index contributed by atoms with van der Waals surface area (Å²) >= 11 is 1.65. The minimum atomic E-state index is 0.262. The summed E-state index contributed by atoms with van der Waals surface area (Å²) < 4.78 is 0. The van der Waals surface area contributed by atoms with Crippen molar-refractivity contribution in [3.05, 3.63) is 22.4 Å². The number of likely N-dealkylation sites (N-methyl/N-ethyl adjacent to an activating group) is 1. The number of carbonyl (C=O) groups excluding carboxylic acids is 1. The first-order valence-corrected chi connectivity index (χ1v) is 6.70. The SMILES string of the molecule is CN[C@H]1CCCN(C(=O)Cc2ccsc2)C1. The van der Waals surface area contributed by atoms with Gasteiger partial charge < -0.3 is 10.2 Å². The molecule has 0 aromatic carbocycles. The van der Waals surface area contributed by atoms with E-state index in [2.05, 4.69) is 10.7 Å². The van der Waals surface area contributed by atoms with Gasteiger partial charge in [-0.25, -0.2) is 0 Å². The fourth-order valence-corrected chi connectivity index (χ4v) is 2.79. The average molecular weight is 238 g/mol. The molecule has 0 unspecified atom stereocenters. The van der Waals surface area contributed by atoms with Crippen LogP contribution in [0.25, 0.3) is 0 Å². The molecule has 3 nitrogen and oxygen atoms in total. The average Bonchev–Trinajstić information content (AvgIpc) is 2.82. The lowest BCUT2D eigenvalue weighted by atomic mass is 10.1. The van der Waals surface area contributed by atoms with Crippen molar-refractivity contribution in [3.8, 4) is 0 Å². The van der Waals surface area contributed by atoms with Crippen LogP contribution in [-0.2, 0) is 11.2 Å². The van der Waals surface area contributed by atoms with Crippen LogP contribution in [-0.4, -0.2) is 37.0 Å². The number of hydrogen-bond donors (Lipinski definition) is 1. The molecule has 0 bridgehead atoms. The van der Waals surface area contributed by atoms with Crippen molar-refractivity contribution >= 4 is 17.2 Å². The largest absolute Gasteiger partial charge is 0.341 e. The van der Waals surface area contributed by atoms with Gasteiger partial charge in [-0.15, -0.1) is 0 Å². The van der Waals surface area contributed by atoms with Gasteiger partial charge in [0, 0.05) is 19.1 Å². The third kappa shape index (κ3) is 2.83. The molecule has 1 N–H and O–H groups in total. The van der Waals surface area contributed by atoms with Gasteiger partial charge in [0.1, 0.15) is 0 Å². The number of nitrogens with one attached hydrogen (secondary N) is 1. The van der Waals surface area contributed by atoms with E-state index in [1.807, 2.05) is 23.4 Å². The molecule has 2 rings (SSSR count). The zero-order chi connectivity index (χ0) is 11.4. The molecule has 0 radical (unpaired) electrons. The molecule has 1 atom stereocenters. The Balaban J connectivity index is 1.89. The van der Waals surface area contributed by atoms with E-state index in [-0.39, 0.29) is 5.91 Å². The summed E-state index contributed by atoms with van der Waals surface area (Å²) in [6.07, 6.45) is 2.85. The van der Waals surface area contributed by atoms with Crippen LogP contribution in [0.2, 0.25) is 0 Å². The summed E-state index contributed by atoms with van der Waals surface area (Å²) in [6, 6.07) is 2.50. The maximum Gasteiger partial charge on any atom is 0.227 e. The third-order valence-electron chi connectivity index (χ3n) is 3.12. The Morgan fingerprint density at radius 2 is 2.56 bits per heavy atom. The lowest BCUT2D eigenvalue weighted by Gasteiger charge is -2.32. The third-order valence-corrected chi connectivity index (χ3v) is 3.85. The first-order valence-electron chi connectivity index (χ1n) is 5.75. The van der Waals surface area contributed by atoms with Gasteiger partial charge in [0.05, 0.1) is 6.42 Å². The van der Waals surface area contributed by atoms with E-state index in [1.54, 1.807) is 11.3 Å². The fourth-order valence-electron chi connectivity index (χ4n) is 2.12. The second-order valence-electron chi connectivity index (χ2n) is 4.28. The van der Waals surface area contributed by atoms with Crippen molar-refractivity contribution in [1.29, 1.82) is 0 Å². The predicted octanol–water partition coefficient (Wildman–Crippen LogP) is 1.50. The van der Waals surface area contributed by atoms with Crippen LogP contribution in [0.15, 0.2) is 16.8 Å². The van der Waals surface area contributed by atoms with Gasteiger partial charge in [-0.05, 0) is 42.3 Å². The molecule has 1 aliphatic rings. The highest BCUT2D eigenvalue weighted by atomic mass is 32.1. The smallest absolute Gasteiger partial charge is 0.227 e. The molecule has 1 fully saturated rings. The van der Waals surface area contributed by atoms with Crippen LogP contribution < -0.4 is 5.32 Å². The summed E-state index contributed by atoms with van der Waals surface area (Å²) in [5, 5.41) is 7.33. The first-order chi connectivity index (χ1) is 7.79. The summed E-state index contributed by atoms with van der Waals surface area (Å²) in [5.41, 5.74) is 1.14. The van der Waals surface area contributed by atoms with Crippen molar-refractivity contribution in [3.63, 3.8) is 0 Å². The van der Waals surface area contributed by atoms with Crippen molar-refractivity contribution in [2.45, 2.75) is 25.3 Å². The monoisotopic (exact) mass is 238 g/mol. The van der Waals surface area contributed by atoms with Crippen LogP contribution in [0.5, 0.6) is 0 Å². The molecule has 88 valence electrons. The highest BCUT2D eigenvalue weighted by molar-refractivity contribution is 7.07. The van der Waals surface area contributed by atoms with Crippen molar-refractivity contribution in [2.75, 3.05) is 20.1 Å². The topological polar surface area (TPSA) is 32.3 Å². The number of piperidine rings is 1. The van der Waals surface area contributed by atoms with Gasteiger partial charge in [0.15, 0.2) is 0 Å². The Labute approximate surface area is 100 Å². The van der Waals surface area contributed by atoms with Crippen LogP contribution in [0, 0.1) is 0 Å². The molecule has 1 aromatic rings. The quantitative estimate of drug-likeness (QED) is 0.865. The van der Waals surface area contributed by atoms with Crippen molar-refractivity contribution < 1.29 is 4.79 Å². The summed E-state index contributed by atoms with van der Waals surface area (Å²) in [6.45, 7) is 1.78. The Hall–Kier alpha value is -0.870. The van der Waals surface area contributed by atoms with Gasteiger partial charge in [0.2, 0.25) is 5.91 Å². The number of thiophene rings is 1. The molecule has 0 saturated carbocycles. The van der Waals surface area contributed by atoms with E-state index >= 15 is 0 Å². The second kappa shape index (κ2) is 5.46. The Morgan fingerprint density at radius 3 is 3.25 bits per heavy atom. The molecule has 2 heterocycles. The zero-order valence-corrected chi connectivity index (χ0v) is 10.4. The molecule has 4 heteroatoms. The number of rotatable bonds is 3. The molecule has 1 aliphatic heterocycles. The Bertz CT molecular complexity index is 337. The molecule has 1 amide bonds. The van der Waals surface area contributed by atoms with Crippen molar-refractivity contribution in [2.24, 2.45) is 0 Å². The minimum Gasteiger partial charge on any atom is -0.341 e. The summed E-state index contributed by atoms with van der Waals surface area (Å²) in [4.78, 5) is 14.0. The Morgan fingerprint density at radius 1 is 1.69 bits per heavy atom. The van der Waals surface area contributed by atoms with E-state index in [0.29, 0.717) is 12.5 Å². The highest BCUT2D eigenvalue weighted by Gasteiger charge is 2.22. The van der Waals surface area contributed by atoms with Crippen LogP contribution in [0.1, 0.15) is 18.4 Å². The van der Waals surface area contributed by atoms with Gasteiger partial charge in [0.25, 0.3) is 0 Å². The van der Waals surface area contributed by atoms with Gasteiger partial charge in [-0.3, -0.25) is 4.79 Å². The molecular weight excluding hydrogens is 220 g/mol. The summed E-state index contributed by atoms with van der Waals surface area (Å²) in [5.74, 6) is 0.262. The number of carbonyl (C=O) groups is 1. The van der Waals surface area contributed by atoms with Crippen LogP contribution in [0.4, 0.5) is 0 Å². The van der Waals surface area contributed by atoms with Gasteiger partial charge in [-0.2, -0.15) is 11.3 Å². The van der Waals surface area contributed by atoms with Crippen LogP contribution in [0.3, 0.4) is 0 Å². The minimum absolute atomic E-state index is 0.262.